The average molecular weight is 383 g/mol. The van der Waals surface area contributed by atoms with Gasteiger partial charge in [0.15, 0.2) is 0 Å². The van der Waals surface area contributed by atoms with Crippen molar-refractivity contribution in [2.24, 2.45) is 0 Å². The summed E-state index contributed by atoms with van der Waals surface area (Å²) in [5, 5.41) is 0.597. The lowest BCUT2D eigenvalue weighted by molar-refractivity contribution is -0.137. The molecule has 4 nitrogen and oxygen atoms in total. The molecule has 0 aromatic heterocycles. The van der Waals surface area contributed by atoms with Crippen molar-refractivity contribution in [1.82, 2.24) is 9.80 Å². The molecule has 0 N–H and O–H groups in total. The van der Waals surface area contributed by atoms with Crippen molar-refractivity contribution < 1.29 is 9.59 Å². The quantitative estimate of drug-likeness (QED) is 0.668. The van der Waals surface area contributed by atoms with Crippen LogP contribution in [0, 0.1) is 0 Å². The van der Waals surface area contributed by atoms with Crippen molar-refractivity contribution >= 4 is 29.0 Å². The summed E-state index contributed by atoms with van der Waals surface area (Å²) < 4.78 is 0. The number of carbonyl (C=O) groups excluding carboxylic acids is 2. The topological polar surface area (TPSA) is 40.6 Å². The normalized spacial score (nSPS) is 14.3. The van der Waals surface area contributed by atoms with Gasteiger partial charge in [0.25, 0.3) is 11.8 Å². The SMILES string of the molecule is CCCN1C(=O)C(c2ccc(Cl)cc2)=C(N(CC)Cc2ccccc2)C1=O. The molecule has 0 atom stereocenters. The van der Waals surface area contributed by atoms with Gasteiger partial charge in [-0.25, -0.2) is 0 Å². The number of halogens is 1. The molecule has 5 heteroatoms. The van der Waals surface area contributed by atoms with Gasteiger partial charge in [0.05, 0.1) is 5.57 Å². The second-order valence-corrected chi connectivity index (χ2v) is 6.93. The van der Waals surface area contributed by atoms with E-state index in [1.54, 1.807) is 24.3 Å². The molecular weight excluding hydrogens is 360 g/mol. The molecule has 2 amide bonds. The molecule has 2 aromatic rings. The van der Waals surface area contributed by atoms with Gasteiger partial charge in [-0.1, -0.05) is 61.0 Å². The first-order valence-electron chi connectivity index (χ1n) is 9.22. The number of hydrogen-bond acceptors (Lipinski definition) is 3. The Kier molecular flexibility index (Phi) is 5.97. The molecule has 0 saturated carbocycles. The van der Waals surface area contributed by atoms with Crippen LogP contribution >= 0.6 is 11.6 Å². The summed E-state index contributed by atoms with van der Waals surface area (Å²) in [6.07, 6.45) is 0.726. The fourth-order valence-corrected chi connectivity index (χ4v) is 3.44. The Balaban J connectivity index is 2.07. The Morgan fingerprint density at radius 3 is 2.19 bits per heavy atom. The number of likely N-dealkylation sites (N-methyl/N-ethyl adjacent to an activating group) is 1. The van der Waals surface area contributed by atoms with Crippen LogP contribution in [-0.4, -0.2) is 34.7 Å². The van der Waals surface area contributed by atoms with Gasteiger partial charge in [0, 0.05) is 24.7 Å². The van der Waals surface area contributed by atoms with Crippen molar-refractivity contribution in [2.45, 2.75) is 26.8 Å². The van der Waals surface area contributed by atoms with Crippen LogP contribution in [0.5, 0.6) is 0 Å². The molecule has 1 aliphatic rings. The number of imide groups is 1. The number of nitrogens with zero attached hydrogens (tertiary/aromatic N) is 2. The third kappa shape index (κ3) is 3.91. The number of carbonyl (C=O) groups is 2. The van der Waals surface area contributed by atoms with Crippen molar-refractivity contribution in [3.05, 3.63) is 76.4 Å². The number of amides is 2. The highest BCUT2D eigenvalue weighted by Crippen LogP contribution is 2.33. The zero-order valence-electron chi connectivity index (χ0n) is 15.6. The average Bonchev–Trinajstić information content (AvgIpc) is 2.93. The standard InChI is InChI=1S/C22H23ClN2O2/c1-3-14-25-21(26)19(17-10-12-18(23)13-11-17)20(22(25)27)24(4-2)15-16-8-6-5-7-9-16/h5-13H,3-4,14-15H2,1-2H3. The van der Waals surface area contributed by atoms with Gasteiger partial charge in [-0.3, -0.25) is 14.5 Å². The second-order valence-electron chi connectivity index (χ2n) is 6.49. The smallest absolute Gasteiger partial charge is 0.277 e. The van der Waals surface area contributed by atoms with Gasteiger partial charge in [0.1, 0.15) is 5.70 Å². The highest BCUT2D eigenvalue weighted by molar-refractivity contribution is 6.36. The molecule has 2 aromatic carbocycles. The van der Waals surface area contributed by atoms with E-state index in [2.05, 4.69) is 0 Å². The van der Waals surface area contributed by atoms with Crippen molar-refractivity contribution in [3.8, 4) is 0 Å². The summed E-state index contributed by atoms with van der Waals surface area (Å²) in [7, 11) is 0. The first kappa shape index (κ1) is 19.2. The lowest BCUT2D eigenvalue weighted by Gasteiger charge is -2.25. The van der Waals surface area contributed by atoms with E-state index in [4.69, 9.17) is 11.6 Å². The molecule has 0 radical (unpaired) electrons. The molecule has 3 rings (SSSR count). The van der Waals surface area contributed by atoms with Gasteiger partial charge in [0.2, 0.25) is 0 Å². The highest BCUT2D eigenvalue weighted by Gasteiger charge is 2.40. The zero-order valence-corrected chi connectivity index (χ0v) is 16.4. The molecule has 27 heavy (non-hydrogen) atoms. The van der Waals surface area contributed by atoms with Crippen LogP contribution in [0.3, 0.4) is 0 Å². The summed E-state index contributed by atoms with van der Waals surface area (Å²) in [6, 6.07) is 17.1. The summed E-state index contributed by atoms with van der Waals surface area (Å²) in [5.74, 6) is -0.449. The first-order chi connectivity index (χ1) is 13.1. The lowest BCUT2D eigenvalue weighted by Crippen LogP contribution is -2.35. The Morgan fingerprint density at radius 1 is 0.926 bits per heavy atom. The number of rotatable bonds is 7. The van der Waals surface area contributed by atoms with Crippen LogP contribution in [0.15, 0.2) is 60.3 Å². The molecule has 0 aliphatic carbocycles. The van der Waals surface area contributed by atoms with Crippen LogP contribution in [0.1, 0.15) is 31.4 Å². The minimum absolute atomic E-state index is 0.218. The Bertz CT molecular complexity index is 860. The van der Waals surface area contributed by atoms with Crippen molar-refractivity contribution in [1.29, 1.82) is 0 Å². The summed E-state index contributed by atoms with van der Waals surface area (Å²) >= 11 is 6.01. The van der Waals surface area contributed by atoms with E-state index in [9.17, 15) is 9.59 Å². The zero-order chi connectivity index (χ0) is 19.4. The van der Waals surface area contributed by atoms with Crippen LogP contribution in [0.25, 0.3) is 5.57 Å². The molecule has 0 unspecified atom stereocenters. The van der Waals surface area contributed by atoms with E-state index in [0.717, 1.165) is 17.5 Å². The maximum Gasteiger partial charge on any atom is 0.277 e. The van der Waals surface area contributed by atoms with E-state index in [-0.39, 0.29) is 11.8 Å². The predicted octanol–water partition coefficient (Wildman–Crippen LogP) is 4.35. The second kappa shape index (κ2) is 8.40. The number of benzene rings is 2. The van der Waals surface area contributed by atoms with Crippen LogP contribution < -0.4 is 0 Å². The first-order valence-corrected chi connectivity index (χ1v) is 9.59. The van der Waals surface area contributed by atoms with Crippen LogP contribution in [0.2, 0.25) is 5.02 Å². The number of hydrogen-bond donors (Lipinski definition) is 0. The van der Waals surface area contributed by atoms with Crippen molar-refractivity contribution in [2.75, 3.05) is 13.1 Å². The molecular formula is C22H23ClN2O2. The minimum Gasteiger partial charge on any atom is -0.362 e. The molecule has 0 bridgehead atoms. The Morgan fingerprint density at radius 2 is 1.59 bits per heavy atom. The summed E-state index contributed by atoms with van der Waals surface area (Å²) in [5.41, 5.74) is 2.75. The van der Waals surface area contributed by atoms with E-state index in [1.807, 2.05) is 49.1 Å². The molecule has 1 aliphatic heterocycles. The van der Waals surface area contributed by atoms with Gasteiger partial charge in [-0.2, -0.15) is 0 Å². The Hall–Kier alpha value is -2.59. The molecule has 0 saturated heterocycles. The molecule has 0 spiro atoms. The third-order valence-corrected chi connectivity index (χ3v) is 4.89. The van der Waals surface area contributed by atoms with Crippen LogP contribution in [-0.2, 0) is 16.1 Å². The molecule has 140 valence electrons. The third-order valence-electron chi connectivity index (χ3n) is 4.64. The van der Waals surface area contributed by atoms with Gasteiger partial charge < -0.3 is 4.90 Å². The lowest BCUT2D eigenvalue weighted by atomic mass is 10.0. The molecule has 0 fully saturated rings. The van der Waals surface area contributed by atoms with Crippen molar-refractivity contribution in [3.63, 3.8) is 0 Å². The van der Waals surface area contributed by atoms with E-state index < -0.39 is 0 Å². The summed E-state index contributed by atoms with van der Waals surface area (Å²) in [4.78, 5) is 29.5. The monoisotopic (exact) mass is 382 g/mol. The fourth-order valence-electron chi connectivity index (χ4n) is 3.31. The maximum absolute atomic E-state index is 13.1. The fraction of sp³-hybridized carbons (Fsp3) is 0.273. The Labute approximate surface area is 165 Å². The van der Waals surface area contributed by atoms with Crippen LogP contribution in [0.4, 0.5) is 0 Å². The highest BCUT2D eigenvalue weighted by atomic mass is 35.5. The van der Waals surface area contributed by atoms with E-state index >= 15 is 0 Å². The van der Waals surface area contributed by atoms with Gasteiger partial charge in [-0.15, -0.1) is 0 Å². The maximum atomic E-state index is 13.1. The summed E-state index contributed by atoms with van der Waals surface area (Å²) in [6.45, 7) is 5.57. The minimum atomic E-state index is -0.231. The largest absolute Gasteiger partial charge is 0.362 e. The van der Waals surface area contributed by atoms with Gasteiger partial charge in [-0.05, 0) is 36.6 Å². The molecule has 1 heterocycles. The van der Waals surface area contributed by atoms with E-state index in [0.29, 0.717) is 35.9 Å². The van der Waals surface area contributed by atoms with E-state index in [1.165, 1.54) is 4.90 Å². The van der Waals surface area contributed by atoms with Gasteiger partial charge >= 0.3 is 0 Å². The predicted molar refractivity (Wildman–Crippen MR) is 108 cm³/mol.